The second-order valence-corrected chi connectivity index (χ2v) is 7.40. The second kappa shape index (κ2) is 5.61. The molecule has 0 aliphatic carbocycles. The van der Waals surface area contributed by atoms with E-state index in [1.54, 1.807) is 6.07 Å². The van der Waals surface area contributed by atoms with Crippen LogP contribution in [0.4, 0.5) is 5.69 Å². The molecule has 2 bridgehead atoms. The van der Waals surface area contributed by atoms with Gasteiger partial charge in [0.2, 0.25) is 0 Å². The zero-order chi connectivity index (χ0) is 17.8. The molecule has 1 fully saturated rings. The molecule has 0 spiro atoms. The highest BCUT2D eigenvalue weighted by Gasteiger charge is 2.33. The Bertz CT molecular complexity index is 1030. The van der Waals surface area contributed by atoms with Crippen molar-refractivity contribution < 1.29 is 4.79 Å². The average molecular weight is 346 g/mol. The first kappa shape index (κ1) is 15.5. The number of nitrogen functional groups attached to an aromatic ring is 1. The molecule has 132 valence electrons. The van der Waals surface area contributed by atoms with Gasteiger partial charge in [-0.05, 0) is 55.8 Å². The van der Waals surface area contributed by atoms with Crippen molar-refractivity contribution in [3.63, 3.8) is 0 Å². The fourth-order valence-corrected chi connectivity index (χ4v) is 4.68. The van der Waals surface area contributed by atoms with Crippen LogP contribution in [0.5, 0.6) is 0 Å². The van der Waals surface area contributed by atoms with Gasteiger partial charge in [-0.3, -0.25) is 9.69 Å². The average Bonchev–Trinajstić information content (AvgIpc) is 2.77. The lowest BCUT2D eigenvalue weighted by atomic mass is 9.94. The SMILES string of the molecule is NC(=O)c1cc(-n2c3c(c4ccccc42)CN2CCC3CC2)ccc1N. The minimum atomic E-state index is -0.487. The minimum Gasteiger partial charge on any atom is -0.398 e. The van der Waals surface area contributed by atoms with Crippen LogP contribution in [-0.4, -0.2) is 28.5 Å². The van der Waals surface area contributed by atoms with E-state index in [4.69, 9.17) is 11.5 Å². The summed E-state index contributed by atoms with van der Waals surface area (Å²) in [5.74, 6) is 0.0599. The van der Waals surface area contributed by atoms with Crippen molar-refractivity contribution in [1.82, 2.24) is 9.47 Å². The Morgan fingerprint density at radius 1 is 1.08 bits per heavy atom. The molecule has 3 aliphatic rings. The molecule has 26 heavy (non-hydrogen) atoms. The Hall–Kier alpha value is -2.79. The summed E-state index contributed by atoms with van der Waals surface area (Å²) in [5.41, 5.74) is 17.3. The number of carbonyl (C=O) groups excluding carboxylic acids is 1. The van der Waals surface area contributed by atoms with Crippen molar-refractivity contribution >= 4 is 22.5 Å². The van der Waals surface area contributed by atoms with E-state index >= 15 is 0 Å². The van der Waals surface area contributed by atoms with Crippen LogP contribution in [0.3, 0.4) is 0 Å². The van der Waals surface area contributed by atoms with Gasteiger partial charge in [0.05, 0.1) is 11.1 Å². The van der Waals surface area contributed by atoms with E-state index in [0.29, 0.717) is 17.2 Å². The molecule has 3 aliphatic heterocycles. The third-order valence-electron chi connectivity index (χ3n) is 5.94. The van der Waals surface area contributed by atoms with E-state index < -0.39 is 5.91 Å². The second-order valence-electron chi connectivity index (χ2n) is 7.40. The van der Waals surface area contributed by atoms with Crippen LogP contribution in [0.2, 0.25) is 0 Å². The molecule has 6 rings (SSSR count). The van der Waals surface area contributed by atoms with Crippen LogP contribution < -0.4 is 11.5 Å². The number of para-hydroxylation sites is 1. The number of primary amides is 1. The van der Waals surface area contributed by atoms with Gasteiger partial charge in [0.25, 0.3) is 5.91 Å². The van der Waals surface area contributed by atoms with Gasteiger partial charge in [-0.1, -0.05) is 18.2 Å². The highest BCUT2D eigenvalue weighted by atomic mass is 16.1. The molecule has 1 saturated heterocycles. The molecule has 1 aromatic heterocycles. The summed E-state index contributed by atoms with van der Waals surface area (Å²) in [6.07, 6.45) is 2.36. The van der Waals surface area contributed by atoms with Crippen molar-refractivity contribution in [2.24, 2.45) is 5.73 Å². The highest BCUT2D eigenvalue weighted by Crippen LogP contribution is 2.42. The van der Waals surface area contributed by atoms with E-state index in [0.717, 1.165) is 25.3 Å². The molecule has 0 radical (unpaired) electrons. The first-order valence-electron chi connectivity index (χ1n) is 9.18. The van der Waals surface area contributed by atoms with Gasteiger partial charge < -0.3 is 16.0 Å². The molecule has 4 heterocycles. The zero-order valence-corrected chi connectivity index (χ0v) is 14.6. The number of benzene rings is 2. The van der Waals surface area contributed by atoms with E-state index in [-0.39, 0.29) is 0 Å². The number of piperidine rings is 1. The maximum Gasteiger partial charge on any atom is 0.250 e. The van der Waals surface area contributed by atoms with Gasteiger partial charge in [0.15, 0.2) is 0 Å². The van der Waals surface area contributed by atoms with E-state index in [9.17, 15) is 4.79 Å². The summed E-state index contributed by atoms with van der Waals surface area (Å²) in [7, 11) is 0. The molecule has 4 N–H and O–H groups in total. The predicted octanol–water partition coefficient (Wildman–Crippen LogP) is 3.00. The lowest BCUT2D eigenvalue weighted by molar-refractivity contribution is 0.100. The minimum absolute atomic E-state index is 0.385. The molecule has 0 unspecified atom stereocenters. The zero-order valence-electron chi connectivity index (χ0n) is 14.6. The summed E-state index contributed by atoms with van der Waals surface area (Å²) in [6.45, 7) is 3.31. The van der Waals surface area contributed by atoms with Crippen molar-refractivity contribution in [2.75, 3.05) is 18.8 Å². The highest BCUT2D eigenvalue weighted by molar-refractivity contribution is 5.99. The van der Waals surface area contributed by atoms with Gasteiger partial charge in [-0.15, -0.1) is 0 Å². The lowest BCUT2D eigenvalue weighted by Crippen LogP contribution is -2.29. The standard InChI is InChI=1S/C21H22N4O/c22-18-6-5-14(11-16(18)21(23)26)25-19-4-2-1-3-15(19)17-12-24-9-7-13(8-10-24)20(17)25/h1-6,11,13H,7-10,12,22H2,(H2,23,26). The Balaban J connectivity index is 1.83. The Morgan fingerprint density at radius 2 is 1.85 bits per heavy atom. The topological polar surface area (TPSA) is 77.3 Å². The lowest BCUT2D eigenvalue weighted by Gasteiger charge is -2.27. The first-order valence-corrected chi connectivity index (χ1v) is 9.18. The van der Waals surface area contributed by atoms with Gasteiger partial charge >= 0.3 is 0 Å². The number of hydrogen-bond acceptors (Lipinski definition) is 3. The van der Waals surface area contributed by atoms with Crippen molar-refractivity contribution in [2.45, 2.75) is 25.3 Å². The molecule has 1 amide bonds. The maximum absolute atomic E-state index is 11.8. The molecule has 0 atom stereocenters. The largest absolute Gasteiger partial charge is 0.398 e. The quantitative estimate of drug-likeness (QED) is 0.700. The van der Waals surface area contributed by atoms with E-state index in [1.165, 1.54) is 35.0 Å². The van der Waals surface area contributed by atoms with E-state index in [1.807, 2.05) is 12.1 Å². The Labute approximate surface area is 152 Å². The Kier molecular flexibility index (Phi) is 3.34. The van der Waals surface area contributed by atoms with E-state index in [2.05, 4.69) is 33.7 Å². The number of nitrogens with two attached hydrogens (primary N) is 2. The number of carbonyl (C=O) groups is 1. The van der Waals surface area contributed by atoms with Gasteiger partial charge in [0.1, 0.15) is 0 Å². The normalized spacial score (nSPS) is 21.5. The number of nitrogens with zero attached hydrogens (tertiary/aromatic N) is 2. The molecule has 5 nitrogen and oxygen atoms in total. The van der Waals surface area contributed by atoms with Crippen LogP contribution in [0.15, 0.2) is 42.5 Å². The number of amides is 1. The maximum atomic E-state index is 11.8. The fraction of sp³-hybridized carbons (Fsp3) is 0.286. The van der Waals surface area contributed by atoms with Crippen LogP contribution >= 0.6 is 0 Å². The van der Waals surface area contributed by atoms with Crippen molar-refractivity contribution in [3.8, 4) is 5.69 Å². The number of rotatable bonds is 2. The summed E-state index contributed by atoms with van der Waals surface area (Å²) in [4.78, 5) is 14.4. The molecular weight excluding hydrogens is 324 g/mol. The van der Waals surface area contributed by atoms with Gasteiger partial charge in [-0.25, -0.2) is 0 Å². The summed E-state index contributed by atoms with van der Waals surface area (Å²) in [5, 5.41) is 1.30. The Morgan fingerprint density at radius 3 is 2.62 bits per heavy atom. The number of anilines is 1. The number of hydrogen-bond donors (Lipinski definition) is 2. The molecule has 5 heteroatoms. The van der Waals surface area contributed by atoms with Gasteiger partial charge in [-0.2, -0.15) is 0 Å². The summed E-state index contributed by atoms with van der Waals surface area (Å²) in [6, 6.07) is 14.2. The van der Waals surface area contributed by atoms with Crippen molar-refractivity contribution in [1.29, 1.82) is 0 Å². The molecule has 0 saturated carbocycles. The van der Waals surface area contributed by atoms with Crippen LogP contribution in [0.25, 0.3) is 16.6 Å². The third-order valence-corrected chi connectivity index (χ3v) is 5.94. The first-order chi connectivity index (χ1) is 12.6. The third kappa shape index (κ3) is 2.17. The van der Waals surface area contributed by atoms with Crippen LogP contribution in [-0.2, 0) is 6.54 Å². The molecule has 2 aromatic carbocycles. The van der Waals surface area contributed by atoms with Crippen LogP contribution in [0.1, 0.15) is 40.4 Å². The van der Waals surface area contributed by atoms with Gasteiger partial charge in [0, 0.05) is 34.9 Å². The molecular formula is C21H22N4O. The smallest absolute Gasteiger partial charge is 0.250 e. The number of aromatic nitrogens is 1. The summed E-state index contributed by atoms with van der Waals surface area (Å²) >= 11 is 0. The predicted molar refractivity (Wildman–Crippen MR) is 103 cm³/mol. The van der Waals surface area contributed by atoms with Crippen LogP contribution in [0, 0.1) is 0 Å². The summed E-state index contributed by atoms with van der Waals surface area (Å²) < 4.78 is 2.33. The number of fused-ring (bicyclic) bond motifs is 3. The fourth-order valence-electron chi connectivity index (χ4n) is 4.68. The van der Waals surface area contributed by atoms with Crippen molar-refractivity contribution in [3.05, 3.63) is 59.3 Å². The monoisotopic (exact) mass is 346 g/mol. The molecule has 3 aromatic rings.